The Morgan fingerprint density at radius 3 is 1.96 bits per heavy atom. The number of carbonyl (C=O) groups is 4. The van der Waals surface area contributed by atoms with Crippen LogP contribution < -0.4 is 16.0 Å². The SMILES string of the molecule is CC(=O)Nc1cc(NC(C)=O)cc(C(=O)O[C@H](C)C(=O)NC2CCCC2)c1. The highest BCUT2D eigenvalue weighted by Crippen LogP contribution is 2.21. The fourth-order valence-corrected chi connectivity index (χ4v) is 2.97. The van der Waals surface area contributed by atoms with Crippen molar-refractivity contribution < 1.29 is 23.9 Å². The van der Waals surface area contributed by atoms with Gasteiger partial charge >= 0.3 is 5.97 Å². The van der Waals surface area contributed by atoms with Crippen LogP contribution in [0.25, 0.3) is 0 Å². The van der Waals surface area contributed by atoms with E-state index in [1.165, 1.54) is 39.0 Å². The van der Waals surface area contributed by atoms with Gasteiger partial charge in [0.1, 0.15) is 0 Å². The Morgan fingerprint density at radius 1 is 0.963 bits per heavy atom. The van der Waals surface area contributed by atoms with E-state index in [-0.39, 0.29) is 29.3 Å². The van der Waals surface area contributed by atoms with Crippen molar-refractivity contribution >= 4 is 35.1 Å². The van der Waals surface area contributed by atoms with Gasteiger partial charge in [-0.15, -0.1) is 0 Å². The molecular formula is C19H25N3O5. The van der Waals surface area contributed by atoms with E-state index in [0.29, 0.717) is 11.4 Å². The lowest BCUT2D eigenvalue weighted by Crippen LogP contribution is -2.40. The number of carbonyl (C=O) groups excluding carboxylic acids is 4. The second kappa shape index (κ2) is 9.16. The molecule has 8 nitrogen and oxygen atoms in total. The summed E-state index contributed by atoms with van der Waals surface area (Å²) in [5, 5.41) is 8.00. The van der Waals surface area contributed by atoms with Crippen molar-refractivity contribution in [2.24, 2.45) is 0 Å². The number of amides is 3. The Bertz CT molecular complexity index is 707. The fourth-order valence-electron chi connectivity index (χ4n) is 2.97. The molecule has 0 spiro atoms. The van der Waals surface area contributed by atoms with Crippen LogP contribution in [0.2, 0.25) is 0 Å². The minimum atomic E-state index is -0.952. The summed E-state index contributed by atoms with van der Waals surface area (Å²) in [4.78, 5) is 47.2. The summed E-state index contributed by atoms with van der Waals surface area (Å²) >= 11 is 0. The van der Waals surface area contributed by atoms with Gasteiger partial charge in [0.2, 0.25) is 11.8 Å². The third-order valence-electron chi connectivity index (χ3n) is 4.16. The van der Waals surface area contributed by atoms with Crippen LogP contribution in [0.5, 0.6) is 0 Å². The van der Waals surface area contributed by atoms with Crippen LogP contribution in [0.4, 0.5) is 11.4 Å². The average molecular weight is 375 g/mol. The summed E-state index contributed by atoms with van der Waals surface area (Å²) < 4.78 is 5.25. The molecule has 27 heavy (non-hydrogen) atoms. The smallest absolute Gasteiger partial charge is 0.339 e. The summed E-state index contributed by atoms with van der Waals surface area (Å²) in [5.41, 5.74) is 0.790. The molecule has 2 rings (SSSR count). The van der Waals surface area contributed by atoms with Gasteiger partial charge in [-0.1, -0.05) is 12.8 Å². The first-order valence-electron chi connectivity index (χ1n) is 8.96. The first-order chi connectivity index (χ1) is 12.7. The predicted molar refractivity (Wildman–Crippen MR) is 100 cm³/mol. The number of benzene rings is 1. The molecule has 1 aliphatic carbocycles. The van der Waals surface area contributed by atoms with Crippen molar-refractivity contribution in [2.75, 3.05) is 10.6 Å². The molecule has 3 amide bonds. The maximum absolute atomic E-state index is 12.4. The van der Waals surface area contributed by atoms with Gasteiger partial charge in [0, 0.05) is 31.3 Å². The molecule has 146 valence electrons. The van der Waals surface area contributed by atoms with E-state index < -0.39 is 12.1 Å². The van der Waals surface area contributed by atoms with Gasteiger partial charge in [-0.2, -0.15) is 0 Å². The summed E-state index contributed by atoms with van der Waals surface area (Å²) in [7, 11) is 0. The van der Waals surface area contributed by atoms with Gasteiger partial charge in [-0.25, -0.2) is 4.79 Å². The molecule has 1 aliphatic rings. The molecule has 1 aromatic carbocycles. The quantitative estimate of drug-likeness (QED) is 0.660. The van der Waals surface area contributed by atoms with E-state index in [4.69, 9.17) is 4.74 Å². The Balaban J connectivity index is 2.09. The summed E-state index contributed by atoms with van der Waals surface area (Å²) in [6, 6.07) is 4.51. The zero-order valence-electron chi connectivity index (χ0n) is 15.8. The van der Waals surface area contributed by atoms with E-state index in [0.717, 1.165) is 25.7 Å². The number of anilines is 2. The van der Waals surface area contributed by atoms with Crippen molar-refractivity contribution in [1.29, 1.82) is 0 Å². The van der Waals surface area contributed by atoms with Gasteiger partial charge in [-0.05, 0) is 38.0 Å². The van der Waals surface area contributed by atoms with Crippen molar-refractivity contribution in [3.63, 3.8) is 0 Å². The van der Waals surface area contributed by atoms with Gasteiger partial charge in [-0.3, -0.25) is 14.4 Å². The lowest BCUT2D eigenvalue weighted by Gasteiger charge is -2.17. The maximum Gasteiger partial charge on any atom is 0.339 e. The lowest BCUT2D eigenvalue weighted by molar-refractivity contribution is -0.129. The third kappa shape index (κ3) is 6.40. The zero-order chi connectivity index (χ0) is 20.0. The highest BCUT2D eigenvalue weighted by molar-refractivity contribution is 5.98. The maximum atomic E-state index is 12.4. The first-order valence-corrected chi connectivity index (χ1v) is 8.96. The minimum Gasteiger partial charge on any atom is -0.449 e. The van der Waals surface area contributed by atoms with Gasteiger partial charge in [0.05, 0.1) is 5.56 Å². The van der Waals surface area contributed by atoms with Crippen LogP contribution in [-0.4, -0.2) is 35.8 Å². The van der Waals surface area contributed by atoms with Crippen molar-refractivity contribution in [2.45, 2.75) is 58.6 Å². The monoisotopic (exact) mass is 375 g/mol. The highest BCUT2D eigenvalue weighted by Gasteiger charge is 2.24. The largest absolute Gasteiger partial charge is 0.449 e. The topological polar surface area (TPSA) is 114 Å². The van der Waals surface area contributed by atoms with Gasteiger partial charge < -0.3 is 20.7 Å². The number of hydrogen-bond acceptors (Lipinski definition) is 5. The van der Waals surface area contributed by atoms with Crippen LogP contribution in [0.3, 0.4) is 0 Å². The lowest BCUT2D eigenvalue weighted by atomic mass is 10.1. The summed E-state index contributed by atoms with van der Waals surface area (Å²) in [6.07, 6.45) is 3.09. The van der Waals surface area contributed by atoms with Crippen LogP contribution in [0.1, 0.15) is 56.8 Å². The van der Waals surface area contributed by atoms with E-state index in [1.807, 2.05) is 0 Å². The van der Waals surface area contributed by atoms with Crippen molar-refractivity contribution in [3.05, 3.63) is 23.8 Å². The number of nitrogens with one attached hydrogen (secondary N) is 3. The van der Waals surface area contributed by atoms with Crippen molar-refractivity contribution in [1.82, 2.24) is 5.32 Å². The molecule has 0 unspecified atom stereocenters. The average Bonchev–Trinajstić information content (AvgIpc) is 3.06. The van der Waals surface area contributed by atoms with Crippen LogP contribution >= 0.6 is 0 Å². The van der Waals surface area contributed by atoms with E-state index in [2.05, 4.69) is 16.0 Å². The molecular weight excluding hydrogens is 350 g/mol. The van der Waals surface area contributed by atoms with Crippen molar-refractivity contribution in [3.8, 4) is 0 Å². The minimum absolute atomic E-state index is 0.116. The fraction of sp³-hybridized carbons (Fsp3) is 0.474. The van der Waals surface area contributed by atoms with Crippen LogP contribution in [0, 0.1) is 0 Å². The number of ether oxygens (including phenoxy) is 1. The zero-order valence-corrected chi connectivity index (χ0v) is 15.8. The molecule has 1 saturated carbocycles. The molecule has 0 radical (unpaired) electrons. The third-order valence-corrected chi connectivity index (χ3v) is 4.16. The molecule has 1 atom stereocenters. The van der Waals surface area contributed by atoms with Crippen LogP contribution in [-0.2, 0) is 19.1 Å². The Morgan fingerprint density at radius 2 is 1.48 bits per heavy atom. The normalized spacial score (nSPS) is 14.9. The molecule has 0 aliphatic heterocycles. The molecule has 0 aromatic heterocycles. The highest BCUT2D eigenvalue weighted by atomic mass is 16.5. The van der Waals surface area contributed by atoms with E-state index >= 15 is 0 Å². The standard InChI is InChI=1S/C19H25N3O5/c1-11(18(25)22-15-6-4-5-7-15)27-19(26)14-8-16(20-12(2)23)10-17(9-14)21-13(3)24/h8-11,15H,4-7H2,1-3H3,(H,20,23)(H,21,24)(H,22,25)/t11-/m1/s1. The van der Waals surface area contributed by atoms with E-state index in [9.17, 15) is 19.2 Å². The molecule has 0 heterocycles. The molecule has 0 bridgehead atoms. The molecule has 1 aromatic rings. The number of rotatable bonds is 6. The second-order valence-corrected chi connectivity index (χ2v) is 6.70. The number of esters is 1. The van der Waals surface area contributed by atoms with Gasteiger partial charge in [0.15, 0.2) is 6.10 Å². The molecule has 3 N–H and O–H groups in total. The van der Waals surface area contributed by atoms with E-state index in [1.54, 1.807) is 0 Å². The summed E-state index contributed by atoms with van der Waals surface area (Å²) in [5.74, 6) is -1.70. The summed E-state index contributed by atoms with van der Waals surface area (Å²) in [6.45, 7) is 4.17. The second-order valence-electron chi connectivity index (χ2n) is 6.70. The first kappa shape index (κ1) is 20.4. The number of hydrogen-bond donors (Lipinski definition) is 3. The Hall–Kier alpha value is -2.90. The molecule has 1 fully saturated rings. The van der Waals surface area contributed by atoms with Crippen LogP contribution in [0.15, 0.2) is 18.2 Å². The molecule has 8 heteroatoms. The Kier molecular flexibility index (Phi) is 6.92. The Labute approximate surface area is 158 Å². The van der Waals surface area contributed by atoms with Gasteiger partial charge in [0.25, 0.3) is 5.91 Å². The predicted octanol–water partition coefficient (Wildman–Crippen LogP) is 2.21. The molecule has 0 saturated heterocycles.